The molecule has 0 radical (unpaired) electrons. The van der Waals surface area contributed by atoms with Gasteiger partial charge in [0.05, 0.1) is 32.1 Å². The molecule has 25 heavy (non-hydrogen) atoms. The minimum Gasteiger partial charge on any atom is -0.481 e. The van der Waals surface area contributed by atoms with Gasteiger partial charge in [0.15, 0.2) is 0 Å². The number of morpholine rings is 1. The number of fused-ring (bicyclic) bond motifs is 1. The standard InChI is InChI=1S/C20H25N3O2/c1-24-20-9-5-8-17(21-20)12-22-10-11-23-18(13-22)14-25-15-19(23)16-6-3-2-4-7-16/h2-9,18-19H,10-15H2,1H3/t18-,19-/m1/s1. The molecule has 0 unspecified atom stereocenters. The van der Waals surface area contributed by atoms with Gasteiger partial charge in [0.2, 0.25) is 5.88 Å². The van der Waals surface area contributed by atoms with Crippen molar-refractivity contribution in [1.29, 1.82) is 0 Å². The Morgan fingerprint density at radius 2 is 1.96 bits per heavy atom. The van der Waals surface area contributed by atoms with Crippen LogP contribution in [0.4, 0.5) is 0 Å². The Bertz CT molecular complexity index is 694. The molecule has 0 amide bonds. The molecule has 0 N–H and O–H groups in total. The molecule has 2 aliphatic heterocycles. The number of benzene rings is 1. The lowest BCUT2D eigenvalue weighted by Gasteiger charge is -2.48. The quantitative estimate of drug-likeness (QED) is 0.855. The maximum absolute atomic E-state index is 5.94. The molecule has 2 fully saturated rings. The first-order valence-electron chi connectivity index (χ1n) is 8.94. The molecule has 0 aliphatic carbocycles. The summed E-state index contributed by atoms with van der Waals surface area (Å²) in [5.74, 6) is 0.682. The fourth-order valence-electron chi connectivity index (χ4n) is 3.90. The van der Waals surface area contributed by atoms with Crippen molar-refractivity contribution < 1.29 is 9.47 Å². The number of hydrogen-bond acceptors (Lipinski definition) is 5. The number of piperazine rings is 1. The Kier molecular flexibility index (Phi) is 4.97. The summed E-state index contributed by atoms with van der Waals surface area (Å²) in [7, 11) is 1.66. The van der Waals surface area contributed by atoms with E-state index < -0.39 is 0 Å². The molecule has 132 valence electrons. The summed E-state index contributed by atoms with van der Waals surface area (Å²) in [6.45, 7) is 5.60. The molecule has 2 atom stereocenters. The van der Waals surface area contributed by atoms with Gasteiger partial charge >= 0.3 is 0 Å². The van der Waals surface area contributed by atoms with Crippen molar-refractivity contribution in [2.45, 2.75) is 18.6 Å². The van der Waals surface area contributed by atoms with Crippen LogP contribution in [-0.2, 0) is 11.3 Å². The zero-order valence-electron chi connectivity index (χ0n) is 14.7. The molecule has 4 rings (SSSR count). The lowest BCUT2D eigenvalue weighted by atomic mass is 10.00. The third-order valence-electron chi connectivity index (χ3n) is 5.16. The van der Waals surface area contributed by atoms with E-state index >= 15 is 0 Å². The molecule has 1 aromatic carbocycles. The molecule has 0 bridgehead atoms. The van der Waals surface area contributed by atoms with Crippen LogP contribution in [-0.4, -0.2) is 60.8 Å². The summed E-state index contributed by atoms with van der Waals surface area (Å²) in [6.07, 6.45) is 0. The van der Waals surface area contributed by atoms with Gasteiger partial charge in [-0.1, -0.05) is 36.4 Å². The first kappa shape index (κ1) is 16.5. The molecule has 2 aliphatic rings. The number of pyridine rings is 1. The number of methoxy groups -OCH3 is 1. The number of rotatable bonds is 4. The summed E-state index contributed by atoms with van der Waals surface area (Å²) in [6, 6.07) is 17.5. The van der Waals surface area contributed by atoms with Crippen LogP contribution in [0, 0.1) is 0 Å². The highest BCUT2D eigenvalue weighted by Gasteiger charge is 2.36. The molecule has 2 saturated heterocycles. The van der Waals surface area contributed by atoms with Crippen LogP contribution < -0.4 is 4.74 Å². The normalized spacial score (nSPS) is 24.7. The van der Waals surface area contributed by atoms with E-state index in [0.717, 1.165) is 45.1 Å². The van der Waals surface area contributed by atoms with E-state index in [1.165, 1.54) is 5.56 Å². The molecule has 2 aromatic rings. The highest BCUT2D eigenvalue weighted by atomic mass is 16.5. The second-order valence-corrected chi connectivity index (χ2v) is 6.76. The molecule has 1 aromatic heterocycles. The van der Waals surface area contributed by atoms with Crippen molar-refractivity contribution in [3.8, 4) is 5.88 Å². The summed E-state index contributed by atoms with van der Waals surface area (Å²) in [4.78, 5) is 9.63. The Labute approximate surface area is 149 Å². The smallest absolute Gasteiger partial charge is 0.213 e. The third kappa shape index (κ3) is 3.68. The van der Waals surface area contributed by atoms with Crippen LogP contribution in [0.15, 0.2) is 48.5 Å². The van der Waals surface area contributed by atoms with Crippen molar-refractivity contribution in [3.63, 3.8) is 0 Å². The first-order chi connectivity index (χ1) is 12.3. The Morgan fingerprint density at radius 1 is 1.08 bits per heavy atom. The van der Waals surface area contributed by atoms with Gasteiger partial charge in [-0.2, -0.15) is 0 Å². The third-order valence-corrected chi connectivity index (χ3v) is 5.16. The second-order valence-electron chi connectivity index (χ2n) is 6.76. The fraction of sp³-hybridized carbons (Fsp3) is 0.450. The van der Waals surface area contributed by atoms with Crippen LogP contribution in [0.3, 0.4) is 0 Å². The van der Waals surface area contributed by atoms with Crippen LogP contribution >= 0.6 is 0 Å². The molecular formula is C20H25N3O2. The summed E-state index contributed by atoms with van der Waals surface area (Å²) in [5, 5.41) is 0. The van der Waals surface area contributed by atoms with Gasteiger partial charge in [-0.05, 0) is 11.6 Å². The fourth-order valence-corrected chi connectivity index (χ4v) is 3.90. The number of hydrogen-bond donors (Lipinski definition) is 0. The summed E-state index contributed by atoms with van der Waals surface area (Å²) < 4.78 is 11.2. The summed E-state index contributed by atoms with van der Waals surface area (Å²) in [5.41, 5.74) is 2.42. The van der Waals surface area contributed by atoms with Crippen molar-refractivity contribution in [2.24, 2.45) is 0 Å². The van der Waals surface area contributed by atoms with E-state index in [1.54, 1.807) is 7.11 Å². The molecular weight excluding hydrogens is 314 g/mol. The largest absolute Gasteiger partial charge is 0.481 e. The summed E-state index contributed by atoms with van der Waals surface area (Å²) >= 11 is 0. The van der Waals surface area contributed by atoms with Crippen LogP contribution in [0.25, 0.3) is 0 Å². The minimum atomic E-state index is 0.372. The molecule has 0 spiro atoms. The zero-order valence-corrected chi connectivity index (χ0v) is 14.7. The Hall–Kier alpha value is -1.95. The van der Waals surface area contributed by atoms with E-state index in [9.17, 15) is 0 Å². The predicted octanol–water partition coefficient (Wildman–Crippen LogP) is 2.35. The molecule has 0 saturated carbocycles. The zero-order chi connectivity index (χ0) is 17.1. The van der Waals surface area contributed by atoms with Crippen molar-refractivity contribution in [1.82, 2.24) is 14.8 Å². The van der Waals surface area contributed by atoms with E-state index in [2.05, 4.69) is 51.2 Å². The Balaban J connectivity index is 1.43. The number of ether oxygens (including phenoxy) is 2. The van der Waals surface area contributed by atoms with E-state index in [-0.39, 0.29) is 0 Å². The monoisotopic (exact) mass is 339 g/mol. The van der Waals surface area contributed by atoms with Gasteiger partial charge in [0.25, 0.3) is 0 Å². The molecule has 5 nitrogen and oxygen atoms in total. The maximum Gasteiger partial charge on any atom is 0.213 e. The molecule has 5 heteroatoms. The topological polar surface area (TPSA) is 37.8 Å². The van der Waals surface area contributed by atoms with Gasteiger partial charge < -0.3 is 9.47 Å². The van der Waals surface area contributed by atoms with Crippen LogP contribution in [0.2, 0.25) is 0 Å². The number of aromatic nitrogens is 1. The van der Waals surface area contributed by atoms with Crippen molar-refractivity contribution >= 4 is 0 Å². The Morgan fingerprint density at radius 3 is 2.80 bits per heavy atom. The average Bonchev–Trinajstić information content (AvgIpc) is 2.68. The van der Waals surface area contributed by atoms with Gasteiger partial charge in [-0.15, -0.1) is 0 Å². The van der Waals surface area contributed by atoms with Gasteiger partial charge in [0.1, 0.15) is 0 Å². The van der Waals surface area contributed by atoms with E-state index in [4.69, 9.17) is 9.47 Å². The van der Waals surface area contributed by atoms with Crippen molar-refractivity contribution in [2.75, 3.05) is 40.0 Å². The SMILES string of the molecule is COc1cccc(CN2CCN3[C@@H](COC[C@@H]3c3ccccc3)C2)n1. The van der Waals surface area contributed by atoms with Crippen LogP contribution in [0.1, 0.15) is 17.3 Å². The van der Waals surface area contributed by atoms with Crippen LogP contribution in [0.5, 0.6) is 5.88 Å². The number of nitrogens with zero attached hydrogens (tertiary/aromatic N) is 3. The van der Waals surface area contributed by atoms with E-state index in [1.807, 2.05) is 12.1 Å². The van der Waals surface area contributed by atoms with Gasteiger partial charge in [0, 0.05) is 38.3 Å². The first-order valence-corrected chi connectivity index (χ1v) is 8.94. The second kappa shape index (κ2) is 7.52. The highest BCUT2D eigenvalue weighted by Crippen LogP contribution is 2.29. The lowest BCUT2D eigenvalue weighted by molar-refractivity contribution is -0.0837. The maximum atomic E-state index is 5.94. The lowest BCUT2D eigenvalue weighted by Crippen LogP contribution is -2.58. The average molecular weight is 339 g/mol. The molecule has 3 heterocycles. The van der Waals surface area contributed by atoms with Gasteiger partial charge in [-0.3, -0.25) is 9.80 Å². The van der Waals surface area contributed by atoms with Crippen molar-refractivity contribution in [3.05, 3.63) is 59.8 Å². The predicted molar refractivity (Wildman–Crippen MR) is 96.6 cm³/mol. The minimum absolute atomic E-state index is 0.372. The highest BCUT2D eigenvalue weighted by molar-refractivity contribution is 5.20. The van der Waals surface area contributed by atoms with Gasteiger partial charge in [-0.25, -0.2) is 4.98 Å². The van der Waals surface area contributed by atoms with E-state index in [0.29, 0.717) is 18.0 Å².